The van der Waals surface area contributed by atoms with Gasteiger partial charge in [-0.25, -0.2) is 15.0 Å². The molecule has 14 aromatic rings. The van der Waals surface area contributed by atoms with Gasteiger partial charge in [-0.15, -0.1) is 11.3 Å². The van der Waals surface area contributed by atoms with Crippen molar-refractivity contribution in [2.24, 2.45) is 0 Å². The maximum atomic E-state index is 6.91. The number of furan rings is 1. The fourth-order valence-electron chi connectivity index (χ4n) is 9.92. The van der Waals surface area contributed by atoms with Gasteiger partial charge in [0.2, 0.25) is 0 Å². The molecule has 292 valence electrons. The highest BCUT2D eigenvalue weighted by molar-refractivity contribution is 7.26. The maximum Gasteiger partial charge on any atom is 0.167 e. The SMILES string of the molecule is c1ccc(-c2nc(-c3cc4ccc(-n5c6cc7ccccc7cc6c6c7ccccc7ccc65)cc4c4c3oc3ccccc34)nc(-c3cccc4c3sc3ccccc34)n2)cc1. The van der Waals surface area contributed by atoms with Crippen molar-refractivity contribution in [1.29, 1.82) is 0 Å². The van der Waals surface area contributed by atoms with Gasteiger partial charge in [0.15, 0.2) is 17.5 Å². The number of para-hydroxylation sites is 1. The molecule has 4 heterocycles. The predicted octanol–water partition coefficient (Wildman–Crippen LogP) is 15.7. The van der Waals surface area contributed by atoms with Gasteiger partial charge in [-0.2, -0.15) is 0 Å². The van der Waals surface area contributed by atoms with E-state index in [-0.39, 0.29) is 0 Å². The molecule has 5 nitrogen and oxygen atoms in total. The van der Waals surface area contributed by atoms with Crippen LogP contribution in [0.15, 0.2) is 199 Å². The highest BCUT2D eigenvalue weighted by Crippen LogP contribution is 2.45. The Morgan fingerprint density at radius 1 is 0.397 bits per heavy atom. The second kappa shape index (κ2) is 13.2. The first kappa shape index (κ1) is 34.5. The lowest BCUT2D eigenvalue weighted by Crippen LogP contribution is -2.00. The molecule has 0 spiro atoms. The van der Waals surface area contributed by atoms with Gasteiger partial charge >= 0.3 is 0 Å². The molecule has 0 atom stereocenters. The van der Waals surface area contributed by atoms with Crippen molar-refractivity contribution < 1.29 is 4.42 Å². The van der Waals surface area contributed by atoms with Crippen LogP contribution >= 0.6 is 11.3 Å². The molecule has 14 rings (SSSR count). The van der Waals surface area contributed by atoms with Crippen LogP contribution in [0.5, 0.6) is 0 Å². The Labute approximate surface area is 363 Å². The standard InChI is InChI=1S/C57H32N4OS/c1-2-14-34(15-3-1)55-58-56(43-22-12-21-41-40-19-9-11-24-50(40)63-54(41)43)60-57(59-55)46-30-37-25-27-38(32-44(37)52-42-20-8-10-23-49(42)62-53(46)52)61-47-28-26-33-13-6-7-18-39(33)51(47)45-29-35-16-4-5-17-36(35)31-48(45)61/h1-32H. The minimum absolute atomic E-state index is 0.563. The maximum absolute atomic E-state index is 6.91. The zero-order chi connectivity index (χ0) is 41.2. The summed E-state index contributed by atoms with van der Waals surface area (Å²) in [5, 5.41) is 14.1. The van der Waals surface area contributed by atoms with Crippen molar-refractivity contribution in [3.63, 3.8) is 0 Å². The van der Waals surface area contributed by atoms with Crippen LogP contribution in [0.3, 0.4) is 0 Å². The highest BCUT2D eigenvalue weighted by atomic mass is 32.1. The van der Waals surface area contributed by atoms with E-state index in [1.807, 2.05) is 30.3 Å². The first-order valence-corrected chi connectivity index (χ1v) is 22.0. The van der Waals surface area contributed by atoms with Gasteiger partial charge in [-0.05, 0) is 86.9 Å². The minimum Gasteiger partial charge on any atom is -0.455 e. The molecule has 6 heteroatoms. The second-order valence-electron chi connectivity index (χ2n) is 16.3. The quantitative estimate of drug-likeness (QED) is 0.177. The summed E-state index contributed by atoms with van der Waals surface area (Å²) in [6.45, 7) is 0. The van der Waals surface area contributed by atoms with Crippen molar-refractivity contribution in [2.45, 2.75) is 0 Å². The number of aromatic nitrogens is 4. The number of fused-ring (bicyclic) bond motifs is 14. The molecule has 0 radical (unpaired) electrons. The Kier molecular flexibility index (Phi) is 7.21. The van der Waals surface area contributed by atoms with Crippen LogP contribution < -0.4 is 0 Å². The van der Waals surface area contributed by atoms with Crippen LogP contribution in [0, 0.1) is 0 Å². The number of nitrogens with zero attached hydrogens (tertiary/aromatic N) is 4. The largest absolute Gasteiger partial charge is 0.455 e. The minimum atomic E-state index is 0.563. The summed E-state index contributed by atoms with van der Waals surface area (Å²) in [4.78, 5) is 15.8. The molecule has 0 unspecified atom stereocenters. The molecule has 0 saturated carbocycles. The average Bonchev–Trinajstić information content (AvgIpc) is 4.03. The smallest absolute Gasteiger partial charge is 0.167 e. The van der Waals surface area contributed by atoms with E-state index in [1.165, 1.54) is 58.8 Å². The van der Waals surface area contributed by atoms with E-state index < -0.39 is 0 Å². The Morgan fingerprint density at radius 3 is 1.95 bits per heavy atom. The topological polar surface area (TPSA) is 56.7 Å². The zero-order valence-corrected chi connectivity index (χ0v) is 34.4. The fraction of sp³-hybridized carbons (Fsp3) is 0. The number of hydrogen-bond donors (Lipinski definition) is 0. The third-order valence-corrected chi connectivity index (χ3v) is 14.0. The summed E-state index contributed by atoms with van der Waals surface area (Å²) in [5.41, 5.74) is 7.70. The highest BCUT2D eigenvalue weighted by Gasteiger charge is 2.23. The molecule has 0 N–H and O–H groups in total. The van der Waals surface area contributed by atoms with Crippen molar-refractivity contribution in [1.82, 2.24) is 19.5 Å². The summed E-state index contributed by atoms with van der Waals surface area (Å²) < 4.78 is 11.7. The summed E-state index contributed by atoms with van der Waals surface area (Å²) in [5.74, 6) is 1.80. The number of benzene rings is 10. The molecule has 0 aliphatic carbocycles. The van der Waals surface area contributed by atoms with E-state index in [9.17, 15) is 0 Å². The van der Waals surface area contributed by atoms with Crippen molar-refractivity contribution in [2.75, 3.05) is 0 Å². The molecular weight excluding hydrogens is 789 g/mol. The molecule has 0 saturated heterocycles. The van der Waals surface area contributed by atoms with Gasteiger partial charge in [0, 0.05) is 58.5 Å². The van der Waals surface area contributed by atoms with Crippen molar-refractivity contribution in [3.8, 4) is 39.9 Å². The molecule has 0 aliphatic rings. The Morgan fingerprint density at radius 2 is 1.08 bits per heavy atom. The van der Waals surface area contributed by atoms with Crippen LogP contribution in [0.2, 0.25) is 0 Å². The first-order valence-electron chi connectivity index (χ1n) is 21.2. The molecule has 0 fully saturated rings. The van der Waals surface area contributed by atoms with Gasteiger partial charge in [-0.3, -0.25) is 0 Å². The molecule has 0 bridgehead atoms. The second-order valence-corrected chi connectivity index (χ2v) is 17.4. The van der Waals surface area contributed by atoms with Gasteiger partial charge in [0.05, 0.1) is 16.6 Å². The summed E-state index contributed by atoms with van der Waals surface area (Å²) >= 11 is 1.77. The van der Waals surface area contributed by atoms with Crippen LogP contribution in [0.4, 0.5) is 0 Å². The van der Waals surface area contributed by atoms with Crippen molar-refractivity contribution in [3.05, 3.63) is 194 Å². The Bertz CT molecular complexity index is 4220. The van der Waals surface area contributed by atoms with Crippen LogP contribution in [-0.4, -0.2) is 19.5 Å². The lowest BCUT2D eigenvalue weighted by Gasteiger charge is -2.13. The Hall–Kier alpha value is -8.19. The van der Waals surface area contributed by atoms with E-state index in [0.29, 0.717) is 17.5 Å². The van der Waals surface area contributed by atoms with Gasteiger partial charge in [0.25, 0.3) is 0 Å². The van der Waals surface area contributed by atoms with E-state index in [0.717, 1.165) is 59.8 Å². The van der Waals surface area contributed by atoms with Gasteiger partial charge < -0.3 is 8.98 Å². The fourth-order valence-corrected chi connectivity index (χ4v) is 11.1. The molecule has 4 aromatic heterocycles. The lowest BCUT2D eigenvalue weighted by molar-refractivity contribution is 0.670. The molecular formula is C57H32N4OS. The summed E-state index contributed by atoms with van der Waals surface area (Å²) in [6.07, 6.45) is 0. The van der Waals surface area contributed by atoms with Crippen molar-refractivity contribution >= 4 is 108 Å². The first-order chi connectivity index (χ1) is 31.2. The molecule has 10 aromatic carbocycles. The number of rotatable bonds is 4. The van der Waals surface area contributed by atoms with E-state index in [2.05, 4.69) is 168 Å². The van der Waals surface area contributed by atoms with E-state index in [4.69, 9.17) is 19.4 Å². The lowest BCUT2D eigenvalue weighted by atomic mass is 9.99. The predicted molar refractivity (Wildman–Crippen MR) is 263 cm³/mol. The third-order valence-electron chi connectivity index (χ3n) is 12.8. The van der Waals surface area contributed by atoms with Crippen LogP contribution in [0.1, 0.15) is 0 Å². The van der Waals surface area contributed by atoms with Crippen LogP contribution in [0.25, 0.3) is 136 Å². The third kappa shape index (κ3) is 5.13. The van der Waals surface area contributed by atoms with E-state index in [1.54, 1.807) is 11.3 Å². The number of thiophene rings is 1. The summed E-state index contributed by atoms with van der Waals surface area (Å²) in [7, 11) is 0. The average molecular weight is 821 g/mol. The Balaban J connectivity index is 1.05. The van der Waals surface area contributed by atoms with E-state index >= 15 is 0 Å². The summed E-state index contributed by atoms with van der Waals surface area (Å²) in [6, 6.07) is 69.1. The molecule has 0 amide bonds. The molecule has 63 heavy (non-hydrogen) atoms. The number of hydrogen-bond acceptors (Lipinski definition) is 5. The monoisotopic (exact) mass is 820 g/mol. The molecule has 0 aliphatic heterocycles. The van der Waals surface area contributed by atoms with Gasteiger partial charge in [0.1, 0.15) is 11.2 Å². The van der Waals surface area contributed by atoms with Crippen LogP contribution in [-0.2, 0) is 0 Å². The normalized spacial score (nSPS) is 12.1. The zero-order valence-electron chi connectivity index (χ0n) is 33.6. The van der Waals surface area contributed by atoms with Gasteiger partial charge in [-0.1, -0.05) is 140 Å².